The molecule has 0 saturated heterocycles. The molecule has 2 amide bonds. The van der Waals surface area contributed by atoms with Crippen LogP contribution < -0.4 is 5.32 Å². The molecule has 1 heterocycles. The van der Waals surface area contributed by atoms with Crippen molar-refractivity contribution in [2.75, 3.05) is 6.54 Å². The summed E-state index contributed by atoms with van der Waals surface area (Å²) >= 11 is 12.6. The Bertz CT molecular complexity index is 1240. The number of halogens is 2. The van der Waals surface area contributed by atoms with Crippen molar-refractivity contribution < 1.29 is 14.4 Å². The van der Waals surface area contributed by atoms with Crippen molar-refractivity contribution in [3.8, 4) is 0 Å². The second-order valence-electron chi connectivity index (χ2n) is 11.9. The molecule has 8 heteroatoms. The molecular formula is C31H37Cl2N3O3. The summed E-state index contributed by atoms with van der Waals surface area (Å²) in [5, 5.41) is 3.68. The Morgan fingerprint density at radius 3 is 2.31 bits per heavy atom. The summed E-state index contributed by atoms with van der Waals surface area (Å²) in [7, 11) is 0. The van der Waals surface area contributed by atoms with E-state index in [1.165, 1.54) is 0 Å². The number of amides is 2. The molecule has 6 nitrogen and oxygen atoms in total. The minimum absolute atomic E-state index is 0.0961. The quantitative estimate of drug-likeness (QED) is 0.291. The lowest BCUT2D eigenvalue weighted by atomic mass is 9.69. The van der Waals surface area contributed by atoms with Gasteiger partial charge in [0.05, 0.1) is 0 Å². The molecular weight excluding hydrogens is 533 g/mol. The fourth-order valence-electron chi connectivity index (χ4n) is 5.97. The SMILES string of the molecule is CC(Cc1ccc(C(=O)NCCC=O)cc1)N1C(=O)C(c2cc(Cl)cc(Cl)c2)=NC12CCC(C(C)(C)C)CC2. The van der Waals surface area contributed by atoms with E-state index in [2.05, 4.69) is 33.0 Å². The predicted octanol–water partition coefficient (Wildman–Crippen LogP) is 6.51. The Hall–Kier alpha value is -2.70. The maximum Gasteiger partial charge on any atom is 0.274 e. The van der Waals surface area contributed by atoms with Crippen molar-refractivity contribution in [3.63, 3.8) is 0 Å². The molecule has 1 saturated carbocycles. The normalized spacial score (nSPS) is 22.1. The van der Waals surface area contributed by atoms with Gasteiger partial charge in [0.1, 0.15) is 17.7 Å². The number of nitrogens with zero attached hydrogens (tertiary/aromatic N) is 2. The van der Waals surface area contributed by atoms with Crippen molar-refractivity contribution in [3.05, 3.63) is 69.2 Å². The number of benzene rings is 2. The number of hydrogen-bond acceptors (Lipinski definition) is 4. The molecule has 0 aromatic heterocycles. The molecule has 2 aromatic carbocycles. The van der Waals surface area contributed by atoms with Crippen LogP contribution in [0.4, 0.5) is 0 Å². The Morgan fingerprint density at radius 1 is 1.13 bits per heavy atom. The van der Waals surface area contributed by atoms with Crippen LogP contribution in [-0.4, -0.2) is 47.0 Å². The lowest BCUT2D eigenvalue weighted by Crippen LogP contribution is -2.54. The van der Waals surface area contributed by atoms with Gasteiger partial charge in [-0.2, -0.15) is 0 Å². The van der Waals surface area contributed by atoms with E-state index in [1.807, 2.05) is 17.0 Å². The van der Waals surface area contributed by atoms with Crippen LogP contribution >= 0.6 is 23.2 Å². The number of aldehydes is 1. The number of carbonyl (C=O) groups is 3. The lowest BCUT2D eigenvalue weighted by Gasteiger charge is -2.46. The Labute approximate surface area is 241 Å². The van der Waals surface area contributed by atoms with Gasteiger partial charge in [0.2, 0.25) is 0 Å². The monoisotopic (exact) mass is 569 g/mol. The molecule has 1 unspecified atom stereocenters. The molecule has 0 radical (unpaired) electrons. The zero-order chi connectivity index (χ0) is 28.4. The summed E-state index contributed by atoms with van der Waals surface area (Å²) in [6, 6.07) is 12.5. The molecule has 4 rings (SSSR count). The van der Waals surface area contributed by atoms with Crippen LogP contribution in [-0.2, 0) is 16.0 Å². The van der Waals surface area contributed by atoms with Gasteiger partial charge in [-0.1, -0.05) is 56.1 Å². The van der Waals surface area contributed by atoms with E-state index < -0.39 is 5.66 Å². The summed E-state index contributed by atoms with van der Waals surface area (Å²) < 4.78 is 0. The summed E-state index contributed by atoms with van der Waals surface area (Å²) in [5.41, 5.74) is 2.24. The van der Waals surface area contributed by atoms with Gasteiger partial charge in [-0.3, -0.25) is 14.6 Å². The summed E-state index contributed by atoms with van der Waals surface area (Å²) in [4.78, 5) is 44.0. The van der Waals surface area contributed by atoms with E-state index in [9.17, 15) is 14.4 Å². The molecule has 1 aliphatic carbocycles. The zero-order valence-corrected chi connectivity index (χ0v) is 24.6. The average Bonchev–Trinajstić information content (AvgIpc) is 3.15. The van der Waals surface area contributed by atoms with Gasteiger partial charge >= 0.3 is 0 Å². The van der Waals surface area contributed by atoms with Crippen LogP contribution in [0.25, 0.3) is 0 Å². The first-order valence-corrected chi connectivity index (χ1v) is 14.4. The van der Waals surface area contributed by atoms with Crippen LogP contribution in [0.1, 0.15) is 81.3 Å². The van der Waals surface area contributed by atoms with E-state index in [0.717, 1.165) is 37.5 Å². The fourth-order valence-corrected chi connectivity index (χ4v) is 6.50. The minimum Gasteiger partial charge on any atom is -0.352 e. The third-order valence-corrected chi connectivity index (χ3v) is 8.51. The van der Waals surface area contributed by atoms with E-state index in [4.69, 9.17) is 28.2 Å². The molecule has 1 spiro atoms. The van der Waals surface area contributed by atoms with Crippen molar-refractivity contribution in [1.29, 1.82) is 0 Å². The van der Waals surface area contributed by atoms with Crippen molar-refractivity contribution in [2.24, 2.45) is 16.3 Å². The molecule has 1 atom stereocenters. The molecule has 0 bridgehead atoms. The first-order chi connectivity index (χ1) is 18.4. The van der Waals surface area contributed by atoms with Gasteiger partial charge in [-0.25, -0.2) is 0 Å². The summed E-state index contributed by atoms with van der Waals surface area (Å²) in [6.45, 7) is 9.23. The maximum atomic E-state index is 14.0. The van der Waals surface area contributed by atoms with Crippen LogP contribution in [0.2, 0.25) is 10.0 Å². The molecule has 2 aromatic rings. The van der Waals surface area contributed by atoms with Gasteiger partial charge in [-0.15, -0.1) is 0 Å². The van der Waals surface area contributed by atoms with Crippen LogP contribution in [0.5, 0.6) is 0 Å². The van der Waals surface area contributed by atoms with Gasteiger partial charge in [0.25, 0.3) is 11.8 Å². The smallest absolute Gasteiger partial charge is 0.274 e. The number of hydrogen-bond donors (Lipinski definition) is 1. The third-order valence-electron chi connectivity index (χ3n) is 8.07. The molecule has 1 N–H and O–H groups in total. The maximum absolute atomic E-state index is 14.0. The molecule has 1 fully saturated rings. The van der Waals surface area contributed by atoms with Crippen LogP contribution in [0.15, 0.2) is 47.5 Å². The lowest BCUT2D eigenvalue weighted by molar-refractivity contribution is -0.132. The van der Waals surface area contributed by atoms with Crippen molar-refractivity contribution >= 4 is 47.0 Å². The van der Waals surface area contributed by atoms with Crippen LogP contribution in [0.3, 0.4) is 0 Å². The van der Waals surface area contributed by atoms with E-state index >= 15 is 0 Å². The number of nitrogens with one attached hydrogen (secondary N) is 1. The first kappa shape index (κ1) is 29.3. The highest BCUT2D eigenvalue weighted by Gasteiger charge is 2.51. The highest BCUT2D eigenvalue weighted by Crippen LogP contribution is 2.47. The Balaban J connectivity index is 1.58. The topological polar surface area (TPSA) is 78.8 Å². The van der Waals surface area contributed by atoms with Gasteiger partial charge in [0, 0.05) is 40.2 Å². The Kier molecular flexibility index (Phi) is 8.87. The Morgan fingerprint density at radius 2 is 1.74 bits per heavy atom. The van der Waals surface area contributed by atoms with Crippen molar-refractivity contribution in [1.82, 2.24) is 10.2 Å². The van der Waals surface area contributed by atoms with Gasteiger partial charge in [-0.05, 0) is 86.3 Å². The molecule has 39 heavy (non-hydrogen) atoms. The highest BCUT2D eigenvalue weighted by molar-refractivity contribution is 6.47. The predicted molar refractivity (Wildman–Crippen MR) is 157 cm³/mol. The number of aliphatic imine (C=N–C) groups is 1. The third kappa shape index (κ3) is 6.55. The highest BCUT2D eigenvalue weighted by atomic mass is 35.5. The first-order valence-electron chi connectivity index (χ1n) is 13.6. The summed E-state index contributed by atoms with van der Waals surface area (Å²) in [6.07, 6.45) is 5.31. The second kappa shape index (κ2) is 11.8. The zero-order valence-electron chi connectivity index (χ0n) is 23.1. The fraction of sp³-hybridized carbons (Fsp3) is 0.484. The average molecular weight is 571 g/mol. The molecule has 1 aliphatic heterocycles. The van der Waals surface area contributed by atoms with Crippen molar-refractivity contribution in [2.45, 2.75) is 77.9 Å². The van der Waals surface area contributed by atoms with E-state index in [0.29, 0.717) is 45.8 Å². The largest absolute Gasteiger partial charge is 0.352 e. The molecule has 2 aliphatic rings. The van der Waals surface area contributed by atoms with E-state index in [1.54, 1.807) is 30.3 Å². The standard InChI is InChI=1S/C31H37Cl2N3O3/c1-20(16-21-6-8-22(9-7-21)28(38)34-14-5-15-37)36-29(39)27(23-17-25(32)19-26(33)18-23)35-31(36)12-10-24(11-13-31)30(2,3)4/h6-9,15,17-20,24H,5,10-14,16H2,1-4H3,(H,34,38). The summed E-state index contributed by atoms with van der Waals surface area (Å²) in [5.74, 6) is 0.264. The van der Waals surface area contributed by atoms with Crippen LogP contribution in [0, 0.1) is 11.3 Å². The second-order valence-corrected chi connectivity index (χ2v) is 12.8. The molecule has 208 valence electrons. The van der Waals surface area contributed by atoms with Gasteiger partial charge < -0.3 is 15.0 Å². The number of carbonyl (C=O) groups excluding carboxylic acids is 3. The minimum atomic E-state index is -0.596. The van der Waals surface area contributed by atoms with Gasteiger partial charge in [0.15, 0.2) is 0 Å². The number of rotatable bonds is 8. The van der Waals surface area contributed by atoms with E-state index in [-0.39, 0.29) is 29.7 Å².